The minimum atomic E-state index is -0.251. The molecule has 0 amide bonds. The third-order valence-corrected chi connectivity index (χ3v) is 7.04. The SMILES string of the molecule is Cc1ccc(N2C(=S)N[C@@H](c3ccccn3)[C@@H]2c2cc(C)n(-c3cccc(F)c3)c2C)cc1C. The molecule has 1 N–H and O–H groups in total. The lowest BCUT2D eigenvalue weighted by Gasteiger charge is -2.28. The maximum absolute atomic E-state index is 14.1. The third-order valence-electron chi connectivity index (χ3n) is 6.72. The molecule has 0 bridgehead atoms. The Balaban J connectivity index is 1.69. The number of halogens is 1. The Morgan fingerprint density at radius 3 is 2.41 bits per heavy atom. The van der Waals surface area contributed by atoms with E-state index in [1.165, 1.54) is 17.2 Å². The molecule has 1 saturated heterocycles. The molecule has 3 heterocycles. The molecule has 34 heavy (non-hydrogen) atoms. The van der Waals surface area contributed by atoms with Crippen molar-refractivity contribution in [1.82, 2.24) is 14.9 Å². The summed E-state index contributed by atoms with van der Waals surface area (Å²) in [7, 11) is 0. The largest absolute Gasteiger partial charge is 0.351 e. The van der Waals surface area contributed by atoms with Crippen molar-refractivity contribution in [2.75, 3.05) is 4.90 Å². The molecule has 6 heteroatoms. The van der Waals surface area contributed by atoms with Crippen molar-refractivity contribution in [3.63, 3.8) is 0 Å². The van der Waals surface area contributed by atoms with E-state index in [4.69, 9.17) is 12.2 Å². The Hall–Kier alpha value is -3.51. The van der Waals surface area contributed by atoms with Crippen LogP contribution < -0.4 is 10.2 Å². The van der Waals surface area contributed by atoms with Crippen LogP contribution in [0, 0.1) is 33.5 Å². The first kappa shape index (κ1) is 22.3. The summed E-state index contributed by atoms with van der Waals surface area (Å²) in [6.45, 7) is 8.37. The van der Waals surface area contributed by atoms with Crippen LogP contribution in [0.2, 0.25) is 0 Å². The van der Waals surface area contributed by atoms with Gasteiger partial charge in [-0.2, -0.15) is 0 Å². The van der Waals surface area contributed by atoms with E-state index in [1.54, 1.807) is 12.1 Å². The summed E-state index contributed by atoms with van der Waals surface area (Å²) < 4.78 is 16.2. The van der Waals surface area contributed by atoms with E-state index in [9.17, 15) is 4.39 Å². The first-order valence-electron chi connectivity index (χ1n) is 11.4. The maximum atomic E-state index is 14.1. The molecule has 0 radical (unpaired) electrons. The van der Waals surface area contributed by atoms with Crippen LogP contribution in [0.15, 0.2) is 72.9 Å². The van der Waals surface area contributed by atoms with Crippen LogP contribution in [0.5, 0.6) is 0 Å². The Bertz CT molecular complexity index is 1380. The van der Waals surface area contributed by atoms with Gasteiger partial charge in [-0.25, -0.2) is 4.39 Å². The number of thiocarbonyl (C=S) groups is 1. The number of benzene rings is 2. The number of hydrogen-bond donors (Lipinski definition) is 1. The van der Waals surface area contributed by atoms with Gasteiger partial charge in [-0.15, -0.1) is 0 Å². The molecule has 1 aliphatic rings. The zero-order valence-corrected chi connectivity index (χ0v) is 20.5. The fraction of sp³-hybridized carbons (Fsp3) is 0.214. The van der Waals surface area contributed by atoms with E-state index >= 15 is 0 Å². The van der Waals surface area contributed by atoms with Crippen molar-refractivity contribution in [2.45, 2.75) is 39.8 Å². The fourth-order valence-corrected chi connectivity index (χ4v) is 5.27. The highest BCUT2D eigenvalue weighted by atomic mass is 32.1. The first-order valence-corrected chi connectivity index (χ1v) is 11.8. The summed E-state index contributed by atoms with van der Waals surface area (Å²) in [4.78, 5) is 6.85. The van der Waals surface area contributed by atoms with Crippen molar-refractivity contribution in [1.29, 1.82) is 0 Å². The third kappa shape index (κ3) is 3.78. The van der Waals surface area contributed by atoms with Gasteiger partial charge in [0.05, 0.1) is 17.8 Å². The second-order valence-electron chi connectivity index (χ2n) is 8.91. The molecule has 4 nitrogen and oxygen atoms in total. The van der Waals surface area contributed by atoms with E-state index in [-0.39, 0.29) is 17.9 Å². The van der Waals surface area contributed by atoms with Crippen LogP contribution in [-0.2, 0) is 0 Å². The Morgan fingerprint density at radius 2 is 1.71 bits per heavy atom. The van der Waals surface area contributed by atoms with Crippen LogP contribution >= 0.6 is 12.2 Å². The average molecular weight is 471 g/mol. The smallest absolute Gasteiger partial charge is 0.174 e. The summed E-state index contributed by atoms with van der Waals surface area (Å²) in [5.41, 5.74) is 8.45. The molecule has 4 aromatic rings. The molecular formula is C28H27FN4S. The second-order valence-corrected chi connectivity index (χ2v) is 9.29. The molecule has 2 aromatic carbocycles. The molecular weight excluding hydrogens is 443 g/mol. The number of hydrogen-bond acceptors (Lipinski definition) is 2. The minimum Gasteiger partial charge on any atom is -0.351 e. The summed E-state index contributed by atoms with van der Waals surface area (Å²) in [6, 6.07) is 21.0. The van der Waals surface area contributed by atoms with Gasteiger partial charge in [-0.1, -0.05) is 18.2 Å². The normalized spacial score (nSPS) is 17.8. The van der Waals surface area contributed by atoms with E-state index in [1.807, 2.05) is 30.5 Å². The number of aryl methyl sites for hydroxylation is 3. The molecule has 0 saturated carbocycles. The van der Waals surface area contributed by atoms with Gasteiger partial charge in [0.25, 0.3) is 0 Å². The number of nitrogens with one attached hydrogen (secondary N) is 1. The zero-order chi connectivity index (χ0) is 24.0. The molecule has 2 atom stereocenters. The second kappa shape index (κ2) is 8.69. The Labute approximate surface area is 205 Å². The zero-order valence-electron chi connectivity index (χ0n) is 19.7. The average Bonchev–Trinajstić information content (AvgIpc) is 3.31. The quantitative estimate of drug-likeness (QED) is 0.349. The molecule has 5 rings (SSSR count). The predicted molar refractivity (Wildman–Crippen MR) is 139 cm³/mol. The van der Waals surface area contributed by atoms with Crippen molar-refractivity contribution >= 4 is 23.0 Å². The van der Waals surface area contributed by atoms with Gasteiger partial charge in [0.1, 0.15) is 5.82 Å². The molecule has 0 unspecified atom stereocenters. The van der Waals surface area contributed by atoms with Crippen LogP contribution in [0.3, 0.4) is 0 Å². The number of aromatic nitrogens is 2. The Morgan fingerprint density at radius 1 is 0.882 bits per heavy atom. The van der Waals surface area contributed by atoms with Gasteiger partial charge < -0.3 is 14.8 Å². The van der Waals surface area contributed by atoms with Gasteiger partial charge in [0, 0.05) is 29.0 Å². The van der Waals surface area contributed by atoms with Crippen LogP contribution in [0.4, 0.5) is 10.1 Å². The van der Waals surface area contributed by atoms with Gasteiger partial charge in [0.15, 0.2) is 5.11 Å². The van der Waals surface area contributed by atoms with Crippen molar-refractivity contribution in [3.8, 4) is 5.69 Å². The van der Waals surface area contributed by atoms with Crippen molar-refractivity contribution in [3.05, 3.63) is 113 Å². The molecule has 1 fully saturated rings. The Kier molecular flexibility index (Phi) is 5.70. The summed E-state index contributed by atoms with van der Waals surface area (Å²) in [5.74, 6) is -0.251. The highest BCUT2D eigenvalue weighted by molar-refractivity contribution is 7.80. The van der Waals surface area contributed by atoms with Crippen LogP contribution in [0.1, 0.15) is 45.9 Å². The highest BCUT2D eigenvalue weighted by Gasteiger charge is 2.42. The lowest BCUT2D eigenvalue weighted by Crippen LogP contribution is -2.29. The lowest BCUT2D eigenvalue weighted by atomic mass is 9.96. The number of nitrogens with zero attached hydrogens (tertiary/aromatic N) is 3. The van der Waals surface area contributed by atoms with E-state index in [2.05, 4.69) is 71.7 Å². The number of anilines is 1. The topological polar surface area (TPSA) is 33.1 Å². The fourth-order valence-electron chi connectivity index (χ4n) is 4.92. The summed E-state index contributed by atoms with van der Waals surface area (Å²) in [6.07, 6.45) is 1.81. The number of pyridine rings is 1. The monoisotopic (exact) mass is 470 g/mol. The molecule has 0 spiro atoms. The standard InChI is InChI=1S/C28H27FN4S/c1-17-11-12-23(14-18(17)2)33-27(26(31-28(33)34)25-10-5-6-13-30-25)24-15-19(3)32(20(24)4)22-9-7-8-21(29)16-22/h5-16,26-27H,1-4H3,(H,31,34)/t26-,27-/m0/s1. The molecule has 172 valence electrons. The van der Waals surface area contributed by atoms with Gasteiger partial charge in [-0.05, 0) is 105 Å². The van der Waals surface area contributed by atoms with Crippen LogP contribution in [-0.4, -0.2) is 14.7 Å². The van der Waals surface area contributed by atoms with Gasteiger partial charge in [0.2, 0.25) is 0 Å². The molecule has 0 aliphatic carbocycles. The van der Waals surface area contributed by atoms with E-state index in [0.717, 1.165) is 34.0 Å². The van der Waals surface area contributed by atoms with Gasteiger partial charge in [-0.3, -0.25) is 4.98 Å². The molecule has 1 aliphatic heterocycles. The first-order chi connectivity index (χ1) is 16.3. The van der Waals surface area contributed by atoms with Crippen molar-refractivity contribution in [2.24, 2.45) is 0 Å². The number of rotatable bonds is 4. The predicted octanol–water partition coefficient (Wildman–Crippen LogP) is 6.42. The van der Waals surface area contributed by atoms with E-state index < -0.39 is 0 Å². The highest BCUT2D eigenvalue weighted by Crippen LogP contribution is 2.44. The molecule has 2 aromatic heterocycles. The van der Waals surface area contributed by atoms with Crippen molar-refractivity contribution < 1.29 is 4.39 Å². The summed E-state index contributed by atoms with van der Waals surface area (Å²) >= 11 is 5.88. The lowest BCUT2D eigenvalue weighted by molar-refractivity contribution is 0.565. The maximum Gasteiger partial charge on any atom is 0.174 e. The van der Waals surface area contributed by atoms with Gasteiger partial charge >= 0.3 is 0 Å². The summed E-state index contributed by atoms with van der Waals surface area (Å²) in [5, 5.41) is 4.20. The minimum absolute atomic E-state index is 0.113. The van der Waals surface area contributed by atoms with E-state index in [0.29, 0.717) is 5.11 Å². The van der Waals surface area contributed by atoms with Crippen LogP contribution in [0.25, 0.3) is 5.69 Å².